The van der Waals surface area contributed by atoms with Crippen molar-refractivity contribution in [3.05, 3.63) is 39.3 Å². The van der Waals surface area contributed by atoms with Gasteiger partial charge in [-0.1, -0.05) is 0 Å². The largest absolute Gasteiger partial charge is 0.397 e. The Balaban J connectivity index is 2.05. The molecule has 0 radical (unpaired) electrons. The van der Waals surface area contributed by atoms with Gasteiger partial charge in [-0.3, -0.25) is 4.79 Å². The van der Waals surface area contributed by atoms with Gasteiger partial charge in [0.15, 0.2) is 0 Å². The van der Waals surface area contributed by atoms with Crippen molar-refractivity contribution in [3.63, 3.8) is 0 Å². The van der Waals surface area contributed by atoms with E-state index in [1.807, 2.05) is 11.5 Å². The smallest absolute Gasteiger partial charge is 0.268 e. The maximum absolute atomic E-state index is 12.1. The van der Waals surface area contributed by atoms with E-state index in [2.05, 4.69) is 25.2 Å². The van der Waals surface area contributed by atoms with Crippen LogP contribution in [0.4, 0.5) is 5.69 Å². The van der Waals surface area contributed by atoms with E-state index in [-0.39, 0.29) is 5.91 Å². The molecule has 1 amide bonds. The number of carbonyl (C=O) groups excluding carboxylic acids is 1. The summed E-state index contributed by atoms with van der Waals surface area (Å²) in [5, 5.41) is 2.94. The van der Waals surface area contributed by atoms with Crippen LogP contribution in [-0.2, 0) is 13.1 Å². The minimum absolute atomic E-state index is 0.0812. The van der Waals surface area contributed by atoms with E-state index in [0.29, 0.717) is 17.9 Å². The normalized spacial score (nSPS) is 10.7. The van der Waals surface area contributed by atoms with Gasteiger partial charge >= 0.3 is 0 Å². The summed E-state index contributed by atoms with van der Waals surface area (Å²) in [7, 11) is 0. The second kappa shape index (κ2) is 5.48. The molecule has 2 aromatic heterocycles. The Hall–Kier alpha value is -1.75. The first-order chi connectivity index (χ1) is 9.01. The molecule has 2 heterocycles. The summed E-state index contributed by atoms with van der Waals surface area (Å²) >= 11 is 1.72. The summed E-state index contributed by atoms with van der Waals surface area (Å²) < 4.78 is 1.86. The predicted octanol–water partition coefficient (Wildman–Crippen LogP) is 2.70. The summed E-state index contributed by atoms with van der Waals surface area (Å²) in [6, 6.07) is 3.83. The Morgan fingerprint density at radius 1 is 1.42 bits per heavy atom. The molecule has 5 heteroatoms. The predicted molar refractivity (Wildman–Crippen MR) is 79.5 cm³/mol. The number of nitrogens with two attached hydrogens (primary N) is 1. The highest BCUT2D eigenvalue weighted by molar-refractivity contribution is 7.12. The van der Waals surface area contributed by atoms with Crippen LogP contribution in [0.25, 0.3) is 0 Å². The molecule has 0 aliphatic carbocycles. The van der Waals surface area contributed by atoms with Crippen LogP contribution in [0.5, 0.6) is 0 Å². The fourth-order valence-electron chi connectivity index (χ4n) is 1.98. The molecule has 0 spiro atoms. The van der Waals surface area contributed by atoms with Crippen molar-refractivity contribution >= 4 is 22.9 Å². The van der Waals surface area contributed by atoms with Gasteiger partial charge in [-0.15, -0.1) is 11.3 Å². The molecule has 0 unspecified atom stereocenters. The molecule has 0 aromatic carbocycles. The van der Waals surface area contributed by atoms with Crippen molar-refractivity contribution in [2.45, 2.75) is 33.9 Å². The Morgan fingerprint density at radius 3 is 2.74 bits per heavy atom. The molecule has 2 rings (SSSR count). The lowest BCUT2D eigenvalue weighted by Crippen LogP contribution is -2.24. The van der Waals surface area contributed by atoms with Crippen LogP contribution in [0, 0.1) is 13.8 Å². The van der Waals surface area contributed by atoms with Crippen LogP contribution < -0.4 is 11.1 Å². The average molecular weight is 277 g/mol. The fourth-order valence-corrected chi connectivity index (χ4v) is 2.97. The molecule has 0 saturated heterocycles. The van der Waals surface area contributed by atoms with E-state index in [0.717, 1.165) is 6.54 Å². The Bertz CT molecular complexity index is 578. The zero-order valence-electron chi connectivity index (χ0n) is 11.5. The molecule has 19 heavy (non-hydrogen) atoms. The third-order valence-corrected chi connectivity index (χ3v) is 4.28. The molecule has 102 valence electrons. The van der Waals surface area contributed by atoms with Gasteiger partial charge in [0.05, 0.1) is 12.2 Å². The lowest BCUT2D eigenvalue weighted by Gasteiger charge is -2.06. The molecule has 0 atom stereocenters. The number of rotatable bonds is 4. The number of hydrogen-bond donors (Lipinski definition) is 2. The minimum Gasteiger partial charge on any atom is -0.397 e. The van der Waals surface area contributed by atoms with E-state index >= 15 is 0 Å². The quantitative estimate of drug-likeness (QED) is 0.902. The van der Waals surface area contributed by atoms with Gasteiger partial charge in [0.2, 0.25) is 0 Å². The first-order valence-corrected chi connectivity index (χ1v) is 7.12. The van der Waals surface area contributed by atoms with Crippen LogP contribution in [-0.4, -0.2) is 10.5 Å². The van der Waals surface area contributed by atoms with Gasteiger partial charge in [0.1, 0.15) is 5.69 Å². The summed E-state index contributed by atoms with van der Waals surface area (Å²) in [5.74, 6) is -0.0812. The van der Waals surface area contributed by atoms with Gasteiger partial charge in [0.25, 0.3) is 5.91 Å². The minimum atomic E-state index is -0.0812. The van der Waals surface area contributed by atoms with Gasteiger partial charge in [-0.25, -0.2) is 0 Å². The summed E-state index contributed by atoms with van der Waals surface area (Å²) in [6.07, 6.45) is 1.79. The van der Waals surface area contributed by atoms with Crippen molar-refractivity contribution in [3.8, 4) is 0 Å². The van der Waals surface area contributed by atoms with E-state index in [1.54, 1.807) is 23.6 Å². The van der Waals surface area contributed by atoms with Gasteiger partial charge in [-0.05, 0) is 38.5 Å². The second-order valence-electron chi connectivity index (χ2n) is 4.58. The van der Waals surface area contributed by atoms with E-state index < -0.39 is 0 Å². The number of nitrogens with zero attached hydrogens (tertiary/aromatic N) is 1. The highest BCUT2D eigenvalue weighted by atomic mass is 32.1. The SMILES string of the molecule is CCn1cc(N)cc1C(=O)NCc1cc(C)c(C)s1. The lowest BCUT2D eigenvalue weighted by atomic mass is 10.3. The summed E-state index contributed by atoms with van der Waals surface area (Å²) in [6.45, 7) is 7.46. The number of nitrogens with one attached hydrogen (secondary N) is 1. The highest BCUT2D eigenvalue weighted by Crippen LogP contribution is 2.20. The Kier molecular flexibility index (Phi) is 3.95. The van der Waals surface area contributed by atoms with Crippen molar-refractivity contribution in [1.29, 1.82) is 0 Å². The molecular weight excluding hydrogens is 258 g/mol. The van der Waals surface area contributed by atoms with Crippen LogP contribution in [0.3, 0.4) is 0 Å². The third-order valence-electron chi connectivity index (χ3n) is 3.13. The standard InChI is InChI=1S/C14H19N3OS/c1-4-17-8-11(15)6-13(17)14(18)16-7-12-5-9(2)10(3)19-12/h5-6,8H,4,7,15H2,1-3H3,(H,16,18). The van der Waals surface area contributed by atoms with Gasteiger partial charge in [-0.2, -0.15) is 0 Å². The third kappa shape index (κ3) is 2.98. The fraction of sp³-hybridized carbons (Fsp3) is 0.357. The van der Waals surface area contributed by atoms with Crippen LogP contribution in [0.15, 0.2) is 18.3 Å². The van der Waals surface area contributed by atoms with Gasteiger partial charge < -0.3 is 15.6 Å². The first kappa shape index (κ1) is 13.7. The summed E-state index contributed by atoms with van der Waals surface area (Å²) in [4.78, 5) is 14.6. The molecular formula is C14H19N3OS. The highest BCUT2D eigenvalue weighted by Gasteiger charge is 2.12. The number of aryl methyl sites for hydroxylation is 3. The molecule has 0 saturated carbocycles. The molecule has 3 N–H and O–H groups in total. The van der Waals surface area contributed by atoms with Crippen LogP contribution in [0.2, 0.25) is 0 Å². The average Bonchev–Trinajstić information content (AvgIpc) is 2.90. The molecule has 0 fully saturated rings. The van der Waals surface area contributed by atoms with Crippen LogP contribution >= 0.6 is 11.3 Å². The first-order valence-electron chi connectivity index (χ1n) is 6.31. The number of amides is 1. The van der Waals surface area contributed by atoms with Crippen LogP contribution in [0.1, 0.15) is 32.7 Å². The Labute approximate surface area is 117 Å². The van der Waals surface area contributed by atoms with E-state index in [1.165, 1.54) is 15.3 Å². The monoisotopic (exact) mass is 277 g/mol. The maximum Gasteiger partial charge on any atom is 0.268 e. The Morgan fingerprint density at radius 2 is 2.16 bits per heavy atom. The maximum atomic E-state index is 12.1. The lowest BCUT2D eigenvalue weighted by molar-refractivity contribution is 0.0942. The molecule has 0 aliphatic heterocycles. The molecule has 4 nitrogen and oxygen atoms in total. The number of hydrogen-bond acceptors (Lipinski definition) is 3. The number of nitrogen functional groups attached to an aromatic ring is 1. The molecule has 0 aliphatic rings. The van der Waals surface area contributed by atoms with Crippen molar-refractivity contribution < 1.29 is 4.79 Å². The zero-order valence-corrected chi connectivity index (χ0v) is 12.3. The number of carbonyl (C=O) groups is 1. The number of aromatic nitrogens is 1. The van der Waals surface area contributed by atoms with Crippen molar-refractivity contribution in [2.24, 2.45) is 0 Å². The molecule has 2 aromatic rings. The van der Waals surface area contributed by atoms with E-state index in [4.69, 9.17) is 5.73 Å². The van der Waals surface area contributed by atoms with E-state index in [9.17, 15) is 4.79 Å². The summed E-state index contributed by atoms with van der Waals surface area (Å²) in [5.41, 5.74) is 8.23. The van der Waals surface area contributed by atoms with Gasteiger partial charge in [0, 0.05) is 22.5 Å². The zero-order chi connectivity index (χ0) is 14.0. The number of thiophene rings is 1. The van der Waals surface area contributed by atoms with Crippen molar-refractivity contribution in [1.82, 2.24) is 9.88 Å². The topological polar surface area (TPSA) is 60.0 Å². The molecule has 0 bridgehead atoms. The van der Waals surface area contributed by atoms with Crippen molar-refractivity contribution in [2.75, 3.05) is 5.73 Å². The number of anilines is 1. The second-order valence-corrected chi connectivity index (χ2v) is 5.92.